The summed E-state index contributed by atoms with van der Waals surface area (Å²) in [6, 6.07) is 12.0. The monoisotopic (exact) mass is 291 g/mol. The molecule has 19 heavy (non-hydrogen) atoms. The van der Waals surface area contributed by atoms with Crippen molar-refractivity contribution in [2.45, 2.75) is 18.9 Å². The van der Waals surface area contributed by atoms with Crippen LogP contribution in [0.25, 0.3) is 0 Å². The van der Waals surface area contributed by atoms with Crippen molar-refractivity contribution in [3.05, 3.63) is 56.7 Å². The number of carbonyl (C=O) groups excluding carboxylic acids is 1. The maximum atomic E-state index is 12.5. The van der Waals surface area contributed by atoms with Gasteiger partial charge in [0.05, 0.1) is 10.3 Å². The van der Waals surface area contributed by atoms with Crippen molar-refractivity contribution < 1.29 is 4.79 Å². The lowest BCUT2D eigenvalue weighted by molar-refractivity contribution is -0.119. The van der Waals surface area contributed by atoms with E-state index in [4.69, 9.17) is 11.6 Å². The highest BCUT2D eigenvalue weighted by atomic mass is 35.5. The van der Waals surface area contributed by atoms with Crippen molar-refractivity contribution in [3.8, 4) is 0 Å². The molecule has 1 unspecified atom stereocenters. The summed E-state index contributed by atoms with van der Waals surface area (Å²) in [6.45, 7) is 1.58. The Morgan fingerprint density at radius 1 is 1.32 bits per heavy atom. The van der Waals surface area contributed by atoms with Gasteiger partial charge in [0.15, 0.2) is 0 Å². The maximum Gasteiger partial charge on any atom is 0.146 e. The molecule has 1 N–H and O–H groups in total. The van der Waals surface area contributed by atoms with Crippen molar-refractivity contribution in [2.75, 3.05) is 6.54 Å². The van der Waals surface area contributed by atoms with Crippen molar-refractivity contribution in [2.24, 2.45) is 0 Å². The van der Waals surface area contributed by atoms with E-state index in [-0.39, 0.29) is 11.7 Å². The SMILES string of the molecule is O=C(Cc1ccc(Cl)s1)C1CNCc2ccccc21. The van der Waals surface area contributed by atoms with Crippen LogP contribution in [0.1, 0.15) is 21.9 Å². The van der Waals surface area contributed by atoms with Crippen molar-refractivity contribution in [1.82, 2.24) is 5.32 Å². The van der Waals surface area contributed by atoms with E-state index in [0.29, 0.717) is 6.42 Å². The normalized spacial score (nSPS) is 18.1. The second-order valence-corrected chi connectivity index (χ2v) is 6.53. The number of hydrogen-bond donors (Lipinski definition) is 1. The summed E-state index contributed by atoms with van der Waals surface area (Å²) < 4.78 is 0.741. The zero-order valence-electron chi connectivity index (χ0n) is 10.4. The summed E-state index contributed by atoms with van der Waals surface area (Å²) in [5.74, 6) is 0.226. The Kier molecular flexibility index (Phi) is 3.69. The average molecular weight is 292 g/mol. The Morgan fingerprint density at radius 2 is 2.16 bits per heavy atom. The molecule has 0 saturated carbocycles. The highest BCUT2D eigenvalue weighted by molar-refractivity contribution is 7.16. The van der Waals surface area contributed by atoms with Crippen LogP contribution in [0, 0.1) is 0 Å². The van der Waals surface area contributed by atoms with E-state index >= 15 is 0 Å². The molecule has 1 atom stereocenters. The zero-order chi connectivity index (χ0) is 13.2. The van der Waals surface area contributed by atoms with E-state index in [9.17, 15) is 4.79 Å². The van der Waals surface area contributed by atoms with E-state index in [1.807, 2.05) is 24.3 Å². The lowest BCUT2D eigenvalue weighted by Crippen LogP contribution is -2.33. The van der Waals surface area contributed by atoms with E-state index < -0.39 is 0 Å². The number of ketones is 1. The number of nitrogens with one attached hydrogen (secondary N) is 1. The number of carbonyl (C=O) groups is 1. The Morgan fingerprint density at radius 3 is 2.95 bits per heavy atom. The van der Waals surface area contributed by atoms with Crippen LogP contribution in [-0.4, -0.2) is 12.3 Å². The number of rotatable bonds is 3. The van der Waals surface area contributed by atoms with Gasteiger partial charge in [0.2, 0.25) is 0 Å². The second-order valence-electron chi connectivity index (χ2n) is 4.73. The molecule has 0 bridgehead atoms. The number of benzene rings is 1. The van der Waals surface area contributed by atoms with Gasteiger partial charge in [-0.15, -0.1) is 11.3 Å². The van der Waals surface area contributed by atoms with Crippen molar-refractivity contribution >= 4 is 28.7 Å². The van der Waals surface area contributed by atoms with Crippen LogP contribution in [0.15, 0.2) is 36.4 Å². The molecule has 0 spiro atoms. The third-order valence-corrected chi connectivity index (χ3v) is 4.69. The molecule has 0 saturated heterocycles. The molecular formula is C15H14ClNOS. The van der Waals surface area contributed by atoms with Gasteiger partial charge in [-0.3, -0.25) is 4.79 Å². The first-order valence-electron chi connectivity index (χ1n) is 6.29. The van der Waals surface area contributed by atoms with Crippen LogP contribution < -0.4 is 5.32 Å². The van der Waals surface area contributed by atoms with Crippen LogP contribution in [0.5, 0.6) is 0 Å². The van der Waals surface area contributed by atoms with Crippen LogP contribution in [-0.2, 0) is 17.8 Å². The molecule has 2 heterocycles. The highest BCUT2D eigenvalue weighted by Gasteiger charge is 2.26. The minimum absolute atomic E-state index is 0.0363. The van der Waals surface area contributed by atoms with Crippen LogP contribution in [0.4, 0.5) is 0 Å². The summed E-state index contributed by atoms with van der Waals surface area (Å²) in [5, 5.41) is 3.32. The molecule has 0 radical (unpaired) electrons. The quantitative estimate of drug-likeness (QED) is 0.939. The van der Waals surface area contributed by atoms with Gasteiger partial charge in [0.25, 0.3) is 0 Å². The molecule has 0 aliphatic carbocycles. The number of halogens is 1. The summed E-state index contributed by atoms with van der Waals surface area (Å²) in [4.78, 5) is 13.5. The minimum atomic E-state index is -0.0363. The molecule has 2 aromatic rings. The molecule has 1 aromatic heterocycles. The Bertz CT molecular complexity index is 608. The van der Waals surface area contributed by atoms with Gasteiger partial charge in [-0.25, -0.2) is 0 Å². The number of thiophene rings is 1. The first-order valence-corrected chi connectivity index (χ1v) is 7.49. The fourth-order valence-electron chi connectivity index (χ4n) is 2.53. The number of fused-ring (bicyclic) bond motifs is 1. The lowest BCUT2D eigenvalue weighted by atomic mass is 9.86. The van der Waals surface area contributed by atoms with Gasteiger partial charge < -0.3 is 5.32 Å². The molecule has 98 valence electrons. The van der Waals surface area contributed by atoms with Gasteiger partial charge in [0, 0.05) is 24.4 Å². The predicted octanol–water partition coefficient (Wildman–Crippen LogP) is 3.40. The van der Waals surface area contributed by atoms with Crippen molar-refractivity contribution in [1.29, 1.82) is 0 Å². The maximum absolute atomic E-state index is 12.5. The summed E-state index contributed by atoms with van der Waals surface area (Å²) in [6.07, 6.45) is 0.470. The third-order valence-electron chi connectivity index (χ3n) is 3.46. The van der Waals surface area contributed by atoms with Gasteiger partial charge in [-0.1, -0.05) is 35.9 Å². The molecule has 2 nitrogen and oxygen atoms in total. The standard InChI is InChI=1S/C15H14ClNOS/c16-15-6-5-11(19-15)7-14(18)13-9-17-8-10-3-1-2-4-12(10)13/h1-6,13,17H,7-9H2. The number of hydrogen-bond acceptors (Lipinski definition) is 3. The summed E-state index contributed by atoms with van der Waals surface area (Å²) >= 11 is 7.39. The fourth-order valence-corrected chi connectivity index (χ4v) is 3.62. The van der Waals surface area contributed by atoms with Crippen molar-refractivity contribution in [3.63, 3.8) is 0 Å². The molecule has 0 amide bonds. The Labute approximate surface area is 121 Å². The lowest BCUT2D eigenvalue weighted by Gasteiger charge is -2.25. The number of Topliss-reactive ketones (excluding diaryl/α,β-unsaturated/α-hetero) is 1. The molecule has 1 aromatic carbocycles. The summed E-state index contributed by atoms with van der Waals surface area (Å²) in [5.41, 5.74) is 2.41. The Balaban J connectivity index is 1.81. The van der Waals surface area contributed by atoms with Gasteiger partial charge in [0.1, 0.15) is 5.78 Å². The van der Waals surface area contributed by atoms with Gasteiger partial charge in [-0.2, -0.15) is 0 Å². The molecule has 4 heteroatoms. The van der Waals surface area contributed by atoms with Crippen LogP contribution in [0.2, 0.25) is 4.34 Å². The van der Waals surface area contributed by atoms with Crippen LogP contribution >= 0.6 is 22.9 Å². The van der Waals surface area contributed by atoms with E-state index in [1.54, 1.807) is 0 Å². The Hall–Kier alpha value is -1.16. The van der Waals surface area contributed by atoms with Gasteiger partial charge >= 0.3 is 0 Å². The molecule has 1 aliphatic heterocycles. The minimum Gasteiger partial charge on any atom is -0.312 e. The largest absolute Gasteiger partial charge is 0.312 e. The van der Waals surface area contributed by atoms with E-state index in [2.05, 4.69) is 17.4 Å². The third kappa shape index (κ3) is 2.73. The average Bonchev–Trinajstić information content (AvgIpc) is 2.83. The van der Waals surface area contributed by atoms with E-state index in [1.165, 1.54) is 22.5 Å². The smallest absolute Gasteiger partial charge is 0.146 e. The summed E-state index contributed by atoms with van der Waals surface area (Å²) in [7, 11) is 0. The molecular weight excluding hydrogens is 278 g/mol. The van der Waals surface area contributed by atoms with E-state index in [0.717, 1.165) is 22.3 Å². The zero-order valence-corrected chi connectivity index (χ0v) is 11.9. The fraction of sp³-hybridized carbons (Fsp3) is 0.267. The molecule has 3 rings (SSSR count). The topological polar surface area (TPSA) is 29.1 Å². The molecule has 1 aliphatic rings. The van der Waals surface area contributed by atoms with Gasteiger partial charge in [-0.05, 0) is 23.3 Å². The first kappa shape index (κ1) is 12.9. The second kappa shape index (κ2) is 5.45. The highest BCUT2D eigenvalue weighted by Crippen LogP contribution is 2.28. The molecule has 0 fully saturated rings. The van der Waals surface area contributed by atoms with Crippen LogP contribution in [0.3, 0.4) is 0 Å². The predicted molar refractivity (Wildman–Crippen MR) is 78.9 cm³/mol. The first-order chi connectivity index (χ1) is 9.24.